The standard InChI is InChI=1S/C17H23NO3/c1-11-8-12(2)10-15(9-11)18(3)16(19)13-4-6-14(7-5-13)17(20)21/h8-10,13-14H,4-7H2,1-3H3,(H,20,21). The smallest absolute Gasteiger partial charge is 0.306 e. The molecule has 4 heteroatoms. The lowest BCUT2D eigenvalue weighted by atomic mass is 9.81. The molecule has 1 aromatic rings. The minimum Gasteiger partial charge on any atom is -0.481 e. The van der Waals surface area contributed by atoms with E-state index in [2.05, 4.69) is 6.07 Å². The fourth-order valence-electron chi connectivity index (χ4n) is 3.13. The highest BCUT2D eigenvalue weighted by Crippen LogP contribution is 2.31. The molecule has 1 aliphatic rings. The summed E-state index contributed by atoms with van der Waals surface area (Å²) in [6.07, 6.45) is 2.55. The molecular weight excluding hydrogens is 266 g/mol. The lowest BCUT2D eigenvalue weighted by Gasteiger charge is -2.29. The van der Waals surface area contributed by atoms with Crippen molar-refractivity contribution in [2.45, 2.75) is 39.5 Å². The van der Waals surface area contributed by atoms with Gasteiger partial charge in [-0.25, -0.2) is 0 Å². The summed E-state index contributed by atoms with van der Waals surface area (Å²) in [5.74, 6) is -0.959. The predicted molar refractivity (Wildman–Crippen MR) is 82.4 cm³/mol. The van der Waals surface area contributed by atoms with Gasteiger partial charge < -0.3 is 10.0 Å². The van der Waals surface area contributed by atoms with E-state index in [1.807, 2.05) is 26.0 Å². The van der Waals surface area contributed by atoms with Crippen LogP contribution in [0, 0.1) is 25.7 Å². The first kappa shape index (κ1) is 15.5. The first-order valence-electron chi connectivity index (χ1n) is 7.47. The van der Waals surface area contributed by atoms with Crippen LogP contribution in [0.15, 0.2) is 18.2 Å². The Balaban J connectivity index is 2.04. The molecule has 0 bridgehead atoms. The summed E-state index contributed by atoms with van der Waals surface area (Å²) in [7, 11) is 1.81. The topological polar surface area (TPSA) is 57.6 Å². The van der Waals surface area contributed by atoms with E-state index >= 15 is 0 Å². The summed E-state index contributed by atoms with van der Waals surface area (Å²) in [6, 6.07) is 6.10. The number of carboxylic acid groups (broad SMARTS) is 1. The summed E-state index contributed by atoms with van der Waals surface area (Å²) in [5.41, 5.74) is 3.19. The van der Waals surface area contributed by atoms with E-state index in [-0.39, 0.29) is 17.7 Å². The Hall–Kier alpha value is -1.84. The molecular formula is C17H23NO3. The molecule has 1 amide bonds. The molecule has 1 aliphatic carbocycles. The molecule has 1 saturated carbocycles. The lowest BCUT2D eigenvalue weighted by Crippen LogP contribution is -2.36. The maximum absolute atomic E-state index is 12.6. The predicted octanol–water partition coefficient (Wildman–Crippen LogP) is 3.16. The van der Waals surface area contributed by atoms with Gasteiger partial charge in [0.05, 0.1) is 5.92 Å². The van der Waals surface area contributed by atoms with E-state index in [4.69, 9.17) is 5.11 Å². The Labute approximate surface area is 125 Å². The van der Waals surface area contributed by atoms with Crippen molar-refractivity contribution in [3.8, 4) is 0 Å². The maximum atomic E-state index is 12.6. The fraction of sp³-hybridized carbons (Fsp3) is 0.529. The number of rotatable bonds is 3. The molecule has 0 spiro atoms. The number of hydrogen-bond acceptors (Lipinski definition) is 2. The van der Waals surface area contributed by atoms with Crippen LogP contribution >= 0.6 is 0 Å². The van der Waals surface area contributed by atoms with Crippen LogP contribution in [0.5, 0.6) is 0 Å². The Bertz CT molecular complexity index is 525. The van der Waals surface area contributed by atoms with Crippen LogP contribution in [-0.4, -0.2) is 24.0 Å². The highest BCUT2D eigenvalue weighted by atomic mass is 16.4. The minimum atomic E-state index is -0.733. The number of nitrogens with zero attached hydrogens (tertiary/aromatic N) is 1. The lowest BCUT2D eigenvalue weighted by molar-refractivity contribution is -0.143. The van der Waals surface area contributed by atoms with E-state index in [1.165, 1.54) is 0 Å². The number of amides is 1. The van der Waals surface area contributed by atoms with Crippen molar-refractivity contribution in [1.29, 1.82) is 0 Å². The Kier molecular flexibility index (Phi) is 4.66. The van der Waals surface area contributed by atoms with E-state index in [0.29, 0.717) is 25.7 Å². The van der Waals surface area contributed by atoms with Gasteiger partial charge in [0.15, 0.2) is 0 Å². The summed E-state index contributed by atoms with van der Waals surface area (Å²) in [4.78, 5) is 25.3. The third kappa shape index (κ3) is 3.63. The fourth-order valence-corrected chi connectivity index (χ4v) is 3.13. The van der Waals surface area contributed by atoms with Crippen LogP contribution in [0.4, 0.5) is 5.69 Å². The van der Waals surface area contributed by atoms with Crippen molar-refractivity contribution >= 4 is 17.6 Å². The quantitative estimate of drug-likeness (QED) is 0.930. The van der Waals surface area contributed by atoms with Crippen LogP contribution in [0.2, 0.25) is 0 Å². The normalized spacial score (nSPS) is 21.9. The zero-order valence-corrected chi connectivity index (χ0v) is 12.9. The third-order valence-corrected chi connectivity index (χ3v) is 4.35. The van der Waals surface area contributed by atoms with Crippen LogP contribution in [0.3, 0.4) is 0 Å². The second-order valence-corrected chi connectivity index (χ2v) is 6.13. The monoisotopic (exact) mass is 289 g/mol. The van der Waals surface area contributed by atoms with Crippen LogP contribution in [0.25, 0.3) is 0 Å². The maximum Gasteiger partial charge on any atom is 0.306 e. The number of aryl methyl sites for hydroxylation is 2. The van der Waals surface area contributed by atoms with Gasteiger partial charge in [0.1, 0.15) is 0 Å². The van der Waals surface area contributed by atoms with E-state index in [0.717, 1.165) is 16.8 Å². The average Bonchev–Trinajstić information content (AvgIpc) is 2.44. The molecule has 4 nitrogen and oxygen atoms in total. The van der Waals surface area contributed by atoms with Crippen molar-refractivity contribution in [1.82, 2.24) is 0 Å². The summed E-state index contributed by atoms with van der Waals surface area (Å²) >= 11 is 0. The van der Waals surface area contributed by atoms with Crippen molar-refractivity contribution in [3.05, 3.63) is 29.3 Å². The Morgan fingerprint density at radius 2 is 1.48 bits per heavy atom. The minimum absolute atomic E-state index is 0.0496. The van der Waals surface area contributed by atoms with Gasteiger partial charge in [-0.3, -0.25) is 9.59 Å². The Morgan fingerprint density at radius 3 is 1.95 bits per heavy atom. The van der Waals surface area contributed by atoms with Gasteiger partial charge in [0.2, 0.25) is 5.91 Å². The third-order valence-electron chi connectivity index (χ3n) is 4.35. The average molecular weight is 289 g/mol. The van der Waals surface area contributed by atoms with Gasteiger partial charge in [-0.05, 0) is 62.8 Å². The van der Waals surface area contributed by atoms with Gasteiger partial charge >= 0.3 is 5.97 Å². The summed E-state index contributed by atoms with van der Waals surface area (Å²) < 4.78 is 0. The van der Waals surface area contributed by atoms with Gasteiger partial charge in [-0.15, -0.1) is 0 Å². The zero-order valence-electron chi connectivity index (χ0n) is 12.9. The molecule has 0 heterocycles. The molecule has 0 radical (unpaired) electrons. The number of carbonyl (C=O) groups is 2. The molecule has 0 aliphatic heterocycles. The van der Waals surface area contributed by atoms with Crippen LogP contribution in [0.1, 0.15) is 36.8 Å². The molecule has 114 valence electrons. The number of aliphatic carboxylic acids is 1. The Morgan fingerprint density at radius 1 is 1.00 bits per heavy atom. The van der Waals surface area contributed by atoms with Crippen LogP contribution < -0.4 is 4.90 Å². The second kappa shape index (κ2) is 6.29. The van der Waals surface area contributed by atoms with Gasteiger partial charge in [0, 0.05) is 18.7 Å². The highest BCUT2D eigenvalue weighted by molar-refractivity contribution is 5.94. The number of benzene rings is 1. The first-order valence-corrected chi connectivity index (χ1v) is 7.47. The van der Waals surface area contributed by atoms with Gasteiger partial charge in [-0.2, -0.15) is 0 Å². The molecule has 2 rings (SSSR count). The molecule has 0 unspecified atom stereocenters. The largest absolute Gasteiger partial charge is 0.481 e. The van der Waals surface area contributed by atoms with Gasteiger partial charge in [-0.1, -0.05) is 6.07 Å². The SMILES string of the molecule is Cc1cc(C)cc(N(C)C(=O)C2CCC(C(=O)O)CC2)c1. The van der Waals surface area contributed by atoms with Crippen molar-refractivity contribution in [2.24, 2.45) is 11.8 Å². The zero-order chi connectivity index (χ0) is 15.6. The molecule has 1 aromatic carbocycles. The van der Waals surface area contributed by atoms with Crippen molar-refractivity contribution < 1.29 is 14.7 Å². The molecule has 21 heavy (non-hydrogen) atoms. The van der Waals surface area contributed by atoms with E-state index < -0.39 is 5.97 Å². The number of carboxylic acids is 1. The highest BCUT2D eigenvalue weighted by Gasteiger charge is 2.31. The van der Waals surface area contributed by atoms with Crippen molar-refractivity contribution in [2.75, 3.05) is 11.9 Å². The summed E-state index contributed by atoms with van der Waals surface area (Å²) in [6.45, 7) is 4.04. The van der Waals surface area contributed by atoms with Crippen LogP contribution in [-0.2, 0) is 9.59 Å². The van der Waals surface area contributed by atoms with Gasteiger partial charge in [0.25, 0.3) is 0 Å². The summed E-state index contributed by atoms with van der Waals surface area (Å²) in [5, 5.41) is 9.02. The second-order valence-electron chi connectivity index (χ2n) is 6.13. The number of carbonyl (C=O) groups excluding carboxylic acids is 1. The molecule has 0 atom stereocenters. The molecule has 1 fully saturated rings. The number of hydrogen-bond donors (Lipinski definition) is 1. The van der Waals surface area contributed by atoms with E-state index in [9.17, 15) is 9.59 Å². The molecule has 0 saturated heterocycles. The van der Waals surface area contributed by atoms with E-state index in [1.54, 1.807) is 11.9 Å². The molecule has 1 N–H and O–H groups in total. The van der Waals surface area contributed by atoms with Crippen molar-refractivity contribution in [3.63, 3.8) is 0 Å². The first-order chi connectivity index (χ1) is 9.88. The number of anilines is 1. The molecule has 0 aromatic heterocycles.